The summed E-state index contributed by atoms with van der Waals surface area (Å²) in [5.74, 6) is 0.108. The minimum absolute atomic E-state index is 0.0323. The molecule has 4 nitrogen and oxygen atoms in total. The number of thioether (sulfide) groups is 1. The van der Waals surface area contributed by atoms with Crippen LogP contribution in [0.4, 0.5) is 8.78 Å². The van der Waals surface area contributed by atoms with Crippen LogP contribution in [0.15, 0.2) is 30.4 Å². The van der Waals surface area contributed by atoms with Gasteiger partial charge >= 0.3 is 0 Å². The van der Waals surface area contributed by atoms with Crippen molar-refractivity contribution in [1.29, 1.82) is 0 Å². The van der Waals surface area contributed by atoms with Gasteiger partial charge in [0.05, 0.1) is 12.1 Å². The van der Waals surface area contributed by atoms with E-state index in [0.717, 1.165) is 42.9 Å². The number of carbonyl (C=O) groups excluding carboxylic acids is 1. The predicted octanol–water partition coefficient (Wildman–Crippen LogP) is 2.92. The SMILES string of the molecule is O=C1CC[C@H](C=C[C@@H](O)Cc2ccc(F)c(F)c2)N1CCSCCCCO. The average molecular weight is 400 g/mol. The Hall–Kier alpha value is -1.44. The van der Waals surface area contributed by atoms with Crippen molar-refractivity contribution >= 4 is 17.7 Å². The molecule has 1 heterocycles. The van der Waals surface area contributed by atoms with Gasteiger partial charge in [0.1, 0.15) is 0 Å². The average Bonchev–Trinajstić information content (AvgIpc) is 2.99. The van der Waals surface area contributed by atoms with Gasteiger partial charge in [-0.1, -0.05) is 18.2 Å². The van der Waals surface area contributed by atoms with Crippen molar-refractivity contribution in [2.75, 3.05) is 24.7 Å². The summed E-state index contributed by atoms with van der Waals surface area (Å²) in [5, 5.41) is 18.9. The Labute approximate surface area is 163 Å². The van der Waals surface area contributed by atoms with Gasteiger partial charge in [-0.3, -0.25) is 4.79 Å². The van der Waals surface area contributed by atoms with Gasteiger partial charge in [0, 0.05) is 31.7 Å². The molecule has 1 aromatic carbocycles. The molecule has 0 aromatic heterocycles. The maximum atomic E-state index is 13.2. The third-order valence-corrected chi connectivity index (χ3v) is 5.58. The number of likely N-dealkylation sites (tertiary alicyclic amines) is 1. The van der Waals surface area contributed by atoms with E-state index >= 15 is 0 Å². The second-order valence-corrected chi connectivity index (χ2v) is 7.87. The summed E-state index contributed by atoms with van der Waals surface area (Å²) in [6.45, 7) is 0.877. The van der Waals surface area contributed by atoms with Crippen LogP contribution < -0.4 is 0 Å². The Morgan fingerprint density at radius 3 is 2.81 bits per heavy atom. The minimum Gasteiger partial charge on any atom is -0.396 e. The van der Waals surface area contributed by atoms with Crippen LogP contribution in [0.5, 0.6) is 0 Å². The molecule has 1 fully saturated rings. The summed E-state index contributed by atoms with van der Waals surface area (Å²) in [5.41, 5.74) is 0.518. The summed E-state index contributed by atoms with van der Waals surface area (Å²) in [7, 11) is 0. The fraction of sp³-hybridized carbons (Fsp3) is 0.550. The molecule has 1 aromatic rings. The smallest absolute Gasteiger partial charge is 0.223 e. The van der Waals surface area contributed by atoms with Crippen LogP contribution in [0.25, 0.3) is 0 Å². The molecule has 1 amide bonds. The number of nitrogens with zero attached hydrogens (tertiary/aromatic N) is 1. The standard InChI is InChI=1S/C20H27F2NO3S/c21-18-7-3-15(14-19(18)22)13-17(25)6-4-16-5-8-20(26)23(16)9-12-27-11-2-1-10-24/h3-4,6-7,14,16-17,24-25H,1-2,5,8-13H2/t16-,17+/m0/s1. The predicted molar refractivity (Wildman–Crippen MR) is 104 cm³/mol. The Balaban J connectivity index is 1.80. The monoisotopic (exact) mass is 399 g/mol. The molecule has 0 radical (unpaired) electrons. The number of halogens is 2. The highest BCUT2D eigenvalue weighted by molar-refractivity contribution is 7.99. The van der Waals surface area contributed by atoms with E-state index in [2.05, 4.69) is 0 Å². The van der Waals surface area contributed by atoms with E-state index in [9.17, 15) is 18.7 Å². The van der Waals surface area contributed by atoms with E-state index in [1.165, 1.54) is 6.07 Å². The lowest BCUT2D eigenvalue weighted by atomic mass is 10.1. The fourth-order valence-electron chi connectivity index (χ4n) is 3.06. The number of aliphatic hydroxyl groups excluding tert-OH is 2. The summed E-state index contributed by atoms with van der Waals surface area (Å²) >= 11 is 1.77. The van der Waals surface area contributed by atoms with E-state index in [4.69, 9.17) is 5.11 Å². The van der Waals surface area contributed by atoms with Gasteiger partial charge in [0.15, 0.2) is 11.6 Å². The van der Waals surface area contributed by atoms with Crippen LogP contribution in [0, 0.1) is 11.6 Å². The van der Waals surface area contributed by atoms with Gasteiger partial charge in [-0.05, 0) is 42.7 Å². The largest absolute Gasteiger partial charge is 0.396 e. The van der Waals surface area contributed by atoms with Crippen LogP contribution >= 0.6 is 11.8 Å². The summed E-state index contributed by atoms with van der Waals surface area (Å²) in [6, 6.07) is 3.56. The maximum Gasteiger partial charge on any atom is 0.223 e. The quantitative estimate of drug-likeness (QED) is 0.444. The van der Waals surface area contributed by atoms with Crippen molar-refractivity contribution in [3.05, 3.63) is 47.5 Å². The van der Waals surface area contributed by atoms with Crippen LogP contribution in [0.1, 0.15) is 31.2 Å². The number of amides is 1. The maximum absolute atomic E-state index is 13.2. The van der Waals surface area contributed by atoms with Crippen molar-refractivity contribution in [2.24, 2.45) is 0 Å². The number of hydrogen-bond donors (Lipinski definition) is 2. The molecule has 0 aliphatic carbocycles. The van der Waals surface area contributed by atoms with E-state index in [1.807, 2.05) is 11.0 Å². The fourth-order valence-corrected chi connectivity index (χ4v) is 4.00. The molecule has 0 unspecified atom stereocenters. The van der Waals surface area contributed by atoms with Crippen molar-refractivity contribution in [3.8, 4) is 0 Å². The first-order chi connectivity index (χ1) is 13.0. The second kappa shape index (κ2) is 11.4. The molecule has 2 rings (SSSR count). The summed E-state index contributed by atoms with van der Waals surface area (Å²) < 4.78 is 26.2. The number of hydrogen-bond acceptors (Lipinski definition) is 4. The Kier molecular flexibility index (Phi) is 9.24. The normalized spacial score (nSPS) is 18.6. The third kappa shape index (κ3) is 7.24. The topological polar surface area (TPSA) is 60.8 Å². The lowest BCUT2D eigenvalue weighted by molar-refractivity contribution is -0.128. The lowest BCUT2D eigenvalue weighted by Crippen LogP contribution is -2.34. The first-order valence-corrected chi connectivity index (χ1v) is 10.4. The van der Waals surface area contributed by atoms with E-state index in [0.29, 0.717) is 18.5 Å². The van der Waals surface area contributed by atoms with Crippen LogP contribution in [0.3, 0.4) is 0 Å². The van der Waals surface area contributed by atoms with E-state index in [1.54, 1.807) is 17.8 Å². The molecular weight excluding hydrogens is 372 g/mol. The number of aliphatic hydroxyl groups is 2. The zero-order chi connectivity index (χ0) is 19.6. The van der Waals surface area contributed by atoms with Gasteiger partial charge in [-0.15, -0.1) is 0 Å². The number of carbonyl (C=O) groups is 1. The van der Waals surface area contributed by atoms with Gasteiger partial charge < -0.3 is 15.1 Å². The molecular formula is C20H27F2NO3S. The van der Waals surface area contributed by atoms with Gasteiger partial charge in [-0.2, -0.15) is 11.8 Å². The number of rotatable bonds is 11. The van der Waals surface area contributed by atoms with E-state index in [-0.39, 0.29) is 25.0 Å². The molecule has 1 saturated heterocycles. The third-order valence-electron chi connectivity index (χ3n) is 4.53. The van der Waals surface area contributed by atoms with Gasteiger partial charge in [-0.25, -0.2) is 8.78 Å². The highest BCUT2D eigenvalue weighted by Crippen LogP contribution is 2.21. The van der Waals surface area contributed by atoms with Gasteiger partial charge in [0.25, 0.3) is 0 Å². The molecule has 1 aliphatic rings. The molecule has 150 valence electrons. The van der Waals surface area contributed by atoms with Crippen molar-refractivity contribution in [3.63, 3.8) is 0 Å². The number of unbranched alkanes of at least 4 members (excludes halogenated alkanes) is 1. The van der Waals surface area contributed by atoms with Gasteiger partial charge in [0.2, 0.25) is 5.91 Å². The summed E-state index contributed by atoms with van der Waals surface area (Å²) in [6.07, 6.45) is 5.84. The lowest BCUT2D eigenvalue weighted by Gasteiger charge is -2.22. The highest BCUT2D eigenvalue weighted by atomic mass is 32.2. The molecule has 0 saturated carbocycles. The Morgan fingerprint density at radius 2 is 2.07 bits per heavy atom. The minimum atomic E-state index is -0.923. The first kappa shape index (κ1) is 21.9. The van der Waals surface area contributed by atoms with Crippen molar-refractivity contribution in [1.82, 2.24) is 4.90 Å². The zero-order valence-electron chi connectivity index (χ0n) is 15.3. The van der Waals surface area contributed by atoms with Crippen LogP contribution in [-0.2, 0) is 11.2 Å². The Morgan fingerprint density at radius 1 is 1.26 bits per heavy atom. The highest BCUT2D eigenvalue weighted by Gasteiger charge is 2.28. The molecule has 7 heteroatoms. The molecule has 2 N–H and O–H groups in total. The molecule has 27 heavy (non-hydrogen) atoms. The second-order valence-electron chi connectivity index (χ2n) is 6.64. The number of benzene rings is 1. The Bertz CT molecular complexity index is 642. The molecule has 1 aliphatic heterocycles. The first-order valence-electron chi connectivity index (χ1n) is 9.29. The van der Waals surface area contributed by atoms with E-state index < -0.39 is 17.7 Å². The van der Waals surface area contributed by atoms with Crippen LogP contribution in [0.2, 0.25) is 0 Å². The molecule has 2 atom stereocenters. The molecule has 0 bridgehead atoms. The zero-order valence-corrected chi connectivity index (χ0v) is 16.1. The van der Waals surface area contributed by atoms with Crippen molar-refractivity contribution in [2.45, 2.75) is 44.2 Å². The van der Waals surface area contributed by atoms with Crippen molar-refractivity contribution < 1.29 is 23.8 Å². The van der Waals surface area contributed by atoms with Crippen LogP contribution in [-0.4, -0.2) is 57.8 Å². The summed E-state index contributed by atoms with van der Waals surface area (Å²) in [4.78, 5) is 13.9. The molecule has 0 spiro atoms.